The molecule has 0 aliphatic rings. The monoisotopic (exact) mass is 158 g/mol. The van der Waals surface area contributed by atoms with E-state index in [1.165, 1.54) is 0 Å². The van der Waals surface area contributed by atoms with Crippen molar-refractivity contribution in [3.8, 4) is 12.3 Å². The molecule has 0 spiro atoms. The SMILES string of the molecule is C#Cc1cnn(C)c1C(=C)C=C. The number of hydrogen-bond donors (Lipinski definition) is 0. The van der Waals surface area contributed by atoms with Gasteiger partial charge in [0.05, 0.1) is 17.5 Å². The standard InChI is InChI=1S/C10H10N2/c1-5-8(3)10-9(6-2)7-11-12(10)4/h2,5,7H,1,3H2,4H3. The predicted octanol–water partition coefficient (Wildman–Crippen LogP) is 1.60. The van der Waals surface area contributed by atoms with Gasteiger partial charge >= 0.3 is 0 Å². The molecule has 0 amide bonds. The highest BCUT2D eigenvalue weighted by molar-refractivity contribution is 5.73. The molecule has 1 aromatic rings. The van der Waals surface area contributed by atoms with Crippen LogP contribution in [-0.2, 0) is 7.05 Å². The summed E-state index contributed by atoms with van der Waals surface area (Å²) < 4.78 is 1.69. The van der Waals surface area contributed by atoms with Crippen molar-refractivity contribution in [1.29, 1.82) is 0 Å². The summed E-state index contributed by atoms with van der Waals surface area (Å²) in [4.78, 5) is 0. The summed E-state index contributed by atoms with van der Waals surface area (Å²) >= 11 is 0. The summed E-state index contributed by atoms with van der Waals surface area (Å²) in [6.07, 6.45) is 8.59. The first-order chi connectivity index (χ1) is 5.70. The molecule has 0 aliphatic carbocycles. The largest absolute Gasteiger partial charge is 0.267 e. The molecule has 0 bridgehead atoms. The summed E-state index contributed by atoms with van der Waals surface area (Å²) in [5.41, 5.74) is 2.40. The van der Waals surface area contributed by atoms with Crippen LogP contribution >= 0.6 is 0 Å². The van der Waals surface area contributed by atoms with Crippen LogP contribution in [0.1, 0.15) is 11.3 Å². The van der Waals surface area contributed by atoms with Crippen molar-refractivity contribution >= 4 is 5.57 Å². The zero-order valence-corrected chi connectivity index (χ0v) is 7.04. The molecule has 0 atom stereocenters. The van der Waals surface area contributed by atoms with Gasteiger partial charge in [0.15, 0.2) is 0 Å². The molecule has 1 aromatic heterocycles. The molecule has 1 heterocycles. The lowest BCUT2D eigenvalue weighted by molar-refractivity contribution is 0.757. The summed E-state index contributed by atoms with van der Waals surface area (Å²) in [5, 5.41) is 4.02. The van der Waals surface area contributed by atoms with E-state index in [4.69, 9.17) is 6.42 Å². The summed E-state index contributed by atoms with van der Waals surface area (Å²) in [7, 11) is 1.82. The van der Waals surface area contributed by atoms with Crippen molar-refractivity contribution in [2.24, 2.45) is 7.05 Å². The van der Waals surface area contributed by atoms with E-state index in [0.717, 1.165) is 16.8 Å². The first-order valence-electron chi connectivity index (χ1n) is 3.51. The van der Waals surface area contributed by atoms with Gasteiger partial charge in [0.2, 0.25) is 0 Å². The van der Waals surface area contributed by atoms with Gasteiger partial charge in [-0.25, -0.2) is 0 Å². The number of rotatable bonds is 2. The maximum Gasteiger partial charge on any atom is 0.0829 e. The molecule has 0 radical (unpaired) electrons. The quantitative estimate of drug-likeness (QED) is 0.472. The lowest BCUT2D eigenvalue weighted by Gasteiger charge is -2.00. The van der Waals surface area contributed by atoms with Gasteiger partial charge in [0.1, 0.15) is 0 Å². The molecule has 60 valence electrons. The van der Waals surface area contributed by atoms with E-state index in [0.29, 0.717) is 0 Å². The van der Waals surface area contributed by atoms with E-state index >= 15 is 0 Å². The second-order valence-electron chi connectivity index (χ2n) is 2.40. The van der Waals surface area contributed by atoms with E-state index in [1.54, 1.807) is 17.0 Å². The molecule has 1 rings (SSSR count). The average molecular weight is 158 g/mol. The Morgan fingerprint density at radius 2 is 2.50 bits per heavy atom. The number of hydrogen-bond acceptors (Lipinski definition) is 1. The van der Waals surface area contributed by atoms with Gasteiger partial charge in [-0.15, -0.1) is 6.42 Å². The fraction of sp³-hybridized carbons (Fsp3) is 0.100. The van der Waals surface area contributed by atoms with Gasteiger partial charge in [-0.1, -0.05) is 25.2 Å². The lowest BCUT2D eigenvalue weighted by Crippen LogP contribution is -1.96. The minimum Gasteiger partial charge on any atom is -0.267 e. The smallest absolute Gasteiger partial charge is 0.0829 e. The molecular formula is C10H10N2. The zero-order chi connectivity index (χ0) is 9.14. The molecule has 0 aromatic carbocycles. The van der Waals surface area contributed by atoms with E-state index in [-0.39, 0.29) is 0 Å². The summed E-state index contributed by atoms with van der Waals surface area (Å²) in [5.74, 6) is 2.54. The number of aromatic nitrogens is 2. The number of aryl methyl sites for hydroxylation is 1. The van der Waals surface area contributed by atoms with Crippen LogP contribution in [0.25, 0.3) is 5.57 Å². The van der Waals surface area contributed by atoms with Gasteiger partial charge in [-0.2, -0.15) is 5.10 Å². The molecule has 0 N–H and O–H groups in total. The molecule has 2 heteroatoms. The third-order valence-corrected chi connectivity index (χ3v) is 1.64. The van der Waals surface area contributed by atoms with E-state index < -0.39 is 0 Å². The van der Waals surface area contributed by atoms with Crippen LogP contribution in [-0.4, -0.2) is 9.78 Å². The van der Waals surface area contributed by atoms with Crippen molar-refractivity contribution in [2.45, 2.75) is 0 Å². The highest BCUT2D eigenvalue weighted by Crippen LogP contribution is 2.16. The number of terminal acetylenes is 1. The van der Waals surface area contributed by atoms with Crippen LogP contribution < -0.4 is 0 Å². The summed E-state index contributed by atoms with van der Waals surface area (Å²) in [6, 6.07) is 0. The third kappa shape index (κ3) is 1.17. The second kappa shape index (κ2) is 3.10. The third-order valence-electron chi connectivity index (χ3n) is 1.64. The molecule has 0 fully saturated rings. The van der Waals surface area contributed by atoms with Gasteiger partial charge in [0.25, 0.3) is 0 Å². The molecule has 12 heavy (non-hydrogen) atoms. The van der Waals surface area contributed by atoms with Gasteiger partial charge < -0.3 is 0 Å². The van der Waals surface area contributed by atoms with E-state index in [1.807, 2.05) is 7.05 Å². The highest BCUT2D eigenvalue weighted by atomic mass is 15.3. The highest BCUT2D eigenvalue weighted by Gasteiger charge is 2.06. The molecule has 0 saturated carbocycles. The van der Waals surface area contributed by atoms with Crippen molar-refractivity contribution in [1.82, 2.24) is 9.78 Å². The first-order valence-corrected chi connectivity index (χ1v) is 3.51. The Kier molecular flexibility index (Phi) is 2.16. The Labute approximate surface area is 72.2 Å². The Bertz CT molecular complexity index is 364. The van der Waals surface area contributed by atoms with Crippen LogP contribution in [0, 0.1) is 12.3 Å². The number of nitrogens with zero attached hydrogens (tertiary/aromatic N) is 2. The Morgan fingerprint density at radius 3 is 3.00 bits per heavy atom. The van der Waals surface area contributed by atoms with Crippen LogP contribution in [0.4, 0.5) is 0 Å². The molecule has 0 unspecified atom stereocenters. The van der Waals surface area contributed by atoms with Crippen LogP contribution in [0.3, 0.4) is 0 Å². The van der Waals surface area contributed by atoms with Crippen LogP contribution in [0.5, 0.6) is 0 Å². The molecule has 0 saturated heterocycles. The maximum atomic E-state index is 5.28. The normalized spacial score (nSPS) is 9.00. The Morgan fingerprint density at radius 1 is 1.83 bits per heavy atom. The van der Waals surface area contributed by atoms with E-state index in [9.17, 15) is 0 Å². The Hall–Kier alpha value is -1.75. The molecule has 2 nitrogen and oxygen atoms in total. The van der Waals surface area contributed by atoms with Gasteiger partial charge in [-0.05, 0) is 5.57 Å². The predicted molar refractivity (Wildman–Crippen MR) is 50.4 cm³/mol. The molecular weight excluding hydrogens is 148 g/mol. The first kappa shape index (κ1) is 8.35. The zero-order valence-electron chi connectivity index (χ0n) is 7.04. The van der Waals surface area contributed by atoms with Crippen molar-refractivity contribution < 1.29 is 0 Å². The maximum absolute atomic E-state index is 5.28. The summed E-state index contributed by atoms with van der Waals surface area (Å²) in [6.45, 7) is 7.43. The molecule has 0 aliphatic heterocycles. The lowest BCUT2D eigenvalue weighted by atomic mass is 10.1. The topological polar surface area (TPSA) is 17.8 Å². The Balaban J connectivity index is 3.30. The second-order valence-corrected chi connectivity index (χ2v) is 2.40. The van der Waals surface area contributed by atoms with Gasteiger partial charge in [0, 0.05) is 7.05 Å². The van der Waals surface area contributed by atoms with Crippen LogP contribution in [0.2, 0.25) is 0 Å². The van der Waals surface area contributed by atoms with Crippen molar-refractivity contribution in [3.63, 3.8) is 0 Å². The average Bonchev–Trinajstić information content (AvgIpc) is 2.45. The minimum absolute atomic E-state index is 0.752. The van der Waals surface area contributed by atoms with Crippen LogP contribution in [0.15, 0.2) is 25.4 Å². The number of allylic oxidation sites excluding steroid dienone is 2. The van der Waals surface area contributed by atoms with E-state index in [2.05, 4.69) is 24.2 Å². The van der Waals surface area contributed by atoms with Crippen molar-refractivity contribution in [2.75, 3.05) is 0 Å². The fourth-order valence-electron chi connectivity index (χ4n) is 1.02. The fourth-order valence-corrected chi connectivity index (χ4v) is 1.02. The van der Waals surface area contributed by atoms with Gasteiger partial charge in [-0.3, -0.25) is 4.68 Å². The minimum atomic E-state index is 0.752. The van der Waals surface area contributed by atoms with Crippen molar-refractivity contribution in [3.05, 3.63) is 36.7 Å².